The van der Waals surface area contributed by atoms with Crippen LogP contribution >= 0.6 is 0 Å². The predicted octanol–water partition coefficient (Wildman–Crippen LogP) is 3.28. The number of benzene rings is 1. The molecular formula is C24H38N6O. The van der Waals surface area contributed by atoms with Crippen molar-refractivity contribution >= 4 is 5.96 Å². The summed E-state index contributed by atoms with van der Waals surface area (Å²) in [6, 6.07) is 10.9. The average Bonchev–Trinajstić information content (AvgIpc) is 3.25. The molecule has 2 unspecified atom stereocenters. The molecule has 2 heterocycles. The van der Waals surface area contributed by atoms with Gasteiger partial charge in [-0.3, -0.25) is 9.67 Å². The van der Waals surface area contributed by atoms with E-state index in [9.17, 15) is 0 Å². The van der Waals surface area contributed by atoms with Gasteiger partial charge in [-0.15, -0.1) is 0 Å². The predicted molar refractivity (Wildman–Crippen MR) is 126 cm³/mol. The molecule has 2 atom stereocenters. The highest BCUT2D eigenvalue weighted by molar-refractivity contribution is 5.80. The van der Waals surface area contributed by atoms with Gasteiger partial charge in [0, 0.05) is 50.5 Å². The molecule has 7 heteroatoms. The average molecular weight is 427 g/mol. The molecule has 1 aliphatic rings. The summed E-state index contributed by atoms with van der Waals surface area (Å²) in [5.74, 6) is 0.928. The Morgan fingerprint density at radius 3 is 2.65 bits per heavy atom. The molecule has 1 aromatic carbocycles. The topological polar surface area (TPSA) is 66.7 Å². The molecule has 0 spiro atoms. The Morgan fingerprint density at radius 2 is 2.03 bits per heavy atom. The van der Waals surface area contributed by atoms with Gasteiger partial charge in [0.1, 0.15) is 6.10 Å². The number of nitrogens with one attached hydrogen (secondary N) is 2. The molecule has 0 bridgehead atoms. The van der Waals surface area contributed by atoms with Crippen molar-refractivity contribution < 1.29 is 4.74 Å². The van der Waals surface area contributed by atoms with Crippen LogP contribution in [-0.4, -0.2) is 59.5 Å². The number of aliphatic imine (C=N–C) groups is 1. The minimum absolute atomic E-state index is 0.0133. The van der Waals surface area contributed by atoms with Crippen molar-refractivity contribution in [1.29, 1.82) is 0 Å². The van der Waals surface area contributed by atoms with Gasteiger partial charge in [0.25, 0.3) is 0 Å². The lowest BCUT2D eigenvalue weighted by atomic mass is 9.90. The van der Waals surface area contributed by atoms with Crippen molar-refractivity contribution in [2.24, 2.45) is 12.0 Å². The van der Waals surface area contributed by atoms with Crippen LogP contribution in [0.25, 0.3) is 0 Å². The van der Waals surface area contributed by atoms with Crippen LogP contribution in [0.4, 0.5) is 0 Å². The van der Waals surface area contributed by atoms with Crippen molar-refractivity contribution in [3.63, 3.8) is 0 Å². The monoisotopic (exact) mass is 426 g/mol. The highest BCUT2D eigenvalue weighted by Gasteiger charge is 2.30. The molecular weight excluding hydrogens is 388 g/mol. The van der Waals surface area contributed by atoms with Crippen LogP contribution in [-0.2, 0) is 11.8 Å². The number of guanidine groups is 1. The molecule has 1 fully saturated rings. The maximum atomic E-state index is 6.00. The van der Waals surface area contributed by atoms with E-state index in [0.717, 1.165) is 44.0 Å². The molecule has 0 amide bonds. The number of aryl methyl sites for hydroxylation is 1. The number of morpholine rings is 1. The van der Waals surface area contributed by atoms with Crippen molar-refractivity contribution in [3.05, 3.63) is 53.9 Å². The van der Waals surface area contributed by atoms with E-state index in [2.05, 4.69) is 76.7 Å². The summed E-state index contributed by atoms with van der Waals surface area (Å²) < 4.78 is 7.82. The smallest absolute Gasteiger partial charge is 0.193 e. The highest BCUT2D eigenvalue weighted by Crippen LogP contribution is 2.23. The van der Waals surface area contributed by atoms with Crippen LogP contribution in [0, 0.1) is 0 Å². The minimum atomic E-state index is -0.0137. The Kier molecular flexibility index (Phi) is 8.09. The lowest BCUT2D eigenvalue weighted by Crippen LogP contribution is -2.56. The molecule has 0 aliphatic carbocycles. The van der Waals surface area contributed by atoms with E-state index in [1.165, 1.54) is 5.56 Å². The van der Waals surface area contributed by atoms with Crippen molar-refractivity contribution in [1.82, 2.24) is 25.3 Å². The fraction of sp³-hybridized carbons (Fsp3) is 0.583. The van der Waals surface area contributed by atoms with Gasteiger partial charge in [0.15, 0.2) is 5.96 Å². The molecule has 1 saturated heterocycles. The SMILES string of the molecule is CCC(CC)(CNC(=NC)N1CCOC(c2cnn(C)c2)C1)NC(C)c1ccccc1. The zero-order valence-corrected chi connectivity index (χ0v) is 19.6. The van der Waals surface area contributed by atoms with Crippen molar-refractivity contribution in [3.8, 4) is 0 Å². The van der Waals surface area contributed by atoms with Gasteiger partial charge < -0.3 is 20.3 Å². The summed E-state index contributed by atoms with van der Waals surface area (Å²) in [6.07, 6.45) is 5.99. The number of rotatable bonds is 8. The second kappa shape index (κ2) is 10.8. The van der Waals surface area contributed by atoms with Gasteiger partial charge >= 0.3 is 0 Å². The van der Waals surface area contributed by atoms with E-state index in [1.54, 1.807) is 0 Å². The standard InChI is InChI=1S/C24H38N6O/c1-6-24(7-2,28-19(3)20-11-9-8-10-12-20)18-26-23(25-4)30-13-14-31-22(17-30)21-15-27-29(5)16-21/h8-12,15-16,19,22,28H,6-7,13-14,17-18H2,1-5H3,(H,25,26). The molecule has 31 heavy (non-hydrogen) atoms. The summed E-state index contributed by atoms with van der Waals surface area (Å²) in [7, 11) is 3.79. The number of nitrogens with zero attached hydrogens (tertiary/aromatic N) is 4. The van der Waals surface area contributed by atoms with E-state index < -0.39 is 0 Å². The maximum Gasteiger partial charge on any atom is 0.193 e. The van der Waals surface area contributed by atoms with E-state index in [0.29, 0.717) is 6.61 Å². The first kappa shape index (κ1) is 23.3. The fourth-order valence-electron chi connectivity index (χ4n) is 4.27. The van der Waals surface area contributed by atoms with Gasteiger partial charge in [0.05, 0.1) is 19.3 Å². The summed E-state index contributed by atoms with van der Waals surface area (Å²) in [4.78, 5) is 6.87. The van der Waals surface area contributed by atoms with Crippen LogP contribution in [0.2, 0.25) is 0 Å². The first-order valence-electron chi connectivity index (χ1n) is 11.4. The number of hydrogen-bond donors (Lipinski definition) is 2. The molecule has 1 aliphatic heterocycles. The Hall–Kier alpha value is -2.38. The molecule has 3 rings (SSSR count). The van der Waals surface area contributed by atoms with Gasteiger partial charge in [-0.05, 0) is 25.3 Å². The van der Waals surface area contributed by atoms with E-state index in [4.69, 9.17) is 4.74 Å². The Bertz CT molecular complexity index is 830. The van der Waals surface area contributed by atoms with Gasteiger partial charge in [-0.1, -0.05) is 44.2 Å². The first-order chi connectivity index (χ1) is 15.0. The second-order valence-electron chi connectivity index (χ2n) is 8.42. The van der Waals surface area contributed by atoms with Crippen LogP contribution in [0.5, 0.6) is 0 Å². The second-order valence-corrected chi connectivity index (χ2v) is 8.42. The van der Waals surface area contributed by atoms with E-state index in [-0.39, 0.29) is 17.7 Å². The van der Waals surface area contributed by atoms with E-state index >= 15 is 0 Å². The summed E-state index contributed by atoms with van der Waals surface area (Å²) in [6.45, 7) is 9.84. The quantitative estimate of drug-likeness (QED) is 0.501. The zero-order chi connectivity index (χ0) is 22.3. The molecule has 2 aromatic rings. The maximum absolute atomic E-state index is 6.00. The molecule has 170 valence electrons. The van der Waals surface area contributed by atoms with Gasteiger partial charge in [-0.2, -0.15) is 5.10 Å². The van der Waals surface area contributed by atoms with Crippen LogP contribution in [0.15, 0.2) is 47.7 Å². The zero-order valence-electron chi connectivity index (χ0n) is 19.6. The Balaban J connectivity index is 1.64. The summed E-state index contributed by atoms with van der Waals surface area (Å²) in [5.41, 5.74) is 2.41. The molecule has 0 saturated carbocycles. The summed E-state index contributed by atoms with van der Waals surface area (Å²) >= 11 is 0. The number of hydrogen-bond acceptors (Lipinski definition) is 4. The molecule has 0 radical (unpaired) electrons. The lowest BCUT2D eigenvalue weighted by molar-refractivity contribution is -0.00816. The van der Waals surface area contributed by atoms with Crippen LogP contribution < -0.4 is 10.6 Å². The minimum Gasteiger partial charge on any atom is -0.370 e. The van der Waals surface area contributed by atoms with Gasteiger partial charge in [0.2, 0.25) is 0 Å². The normalized spacial score (nSPS) is 18.8. The fourth-order valence-corrected chi connectivity index (χ4v) is 4.27. The third-order valence-corrected chi connectivity index (χ3v) is 6.44. The van der Waals surface area contributed by atoms with Crippen LogP contribution in [0.3, 0.4) is 0 Å². The van der Waals surface area contributed by atoms with Gasteiger partial charge in [-0.25, -0.2) is 0 Å². The molecule has 2 N–H and O–H groups in total. The molecule has 7 nitrogen and oxygen atoms in total. The third-order valence-electron chi connectivity index (χ3n) is 6.44. The Labute approximate surface area is 186 Å². The van der Waals surface area contributed by atoms with Crippen LogP contribution in [0.1, 0.15) is 56.9 Å². The lowest BCUT2D eigenvalue weighted by Gasteiger charge is -2.39. The highest BCUT2D eigenvalue weighted by atomic mass is 16.5. The largest absolute Gasteiger partial charge is 0.370 e. The number of aromatic nitrogens is 2. The van der Waals surface area contributed by atoms with Crippen molar-refractivity contribution in [2.45, 2.75) is 51.3 Å². The number of ether oxygens (including phenoxy) is 1. The van der Waals surface area contributed by atoms with Crippen molar-refractivity contribution in [2.75, 3.05) is 33.3 Å². The van der Waals surface area contributed by atoms with E-state index in [1.807, 2.05) is 31.2 Å². The first-order valence-corrected chi connectivity index (χ1v) is 11.4. The Morgan fingerprint density at radius 1 is 1.29 bits per heavy atom. The summed E-state index contributed by atoms with van der Waals surface area (Å²) in [5, 5.41) is 11.8. The third kappa shape index (κ3) is 5.86. The molecule has 1 aromatic heterocycles.